The van der Waals surface area contributed by atoms with Gasteiger partial charge in [-0.15, -0.1) is 0 Å². The maximum atomic E-state index is 12.4. The molecule has 0 saturated heterocycles. The van der Waals surface area contributed by atoms with Crippen molar-refractivity contribution >= 4 is 17.7 Å². The second-order valence-electron chi connectivity index (χ2n) is 6.98. The molecule has 2 unspecified atom stereocenters. The van der Waals surface area contributed by atoms with E-state index < -0.39 is 0 Å². The van der Waals surface area contributed by atoms with Gasteiger partial charge in [-0.25, -0.2) is 0 Å². The Bertz CT molecular complexity index is 814. The van der Waals surface area contributed by atoms with E-state index in [1.165, 1.54) is 11.8 Å². The lowest BCUT2D eigenvalue weighted by Crippen LogP contribution is -2.10. The Morgan fingerprint density at radius 2 is 1.88 bits per heavy atom. The summed E-state index contributed by atoms with van der Waals surface area (Å²) >= 11 is 1.20. The number of rotatable bonds is 7. The minimum absolute atomic E-state index is 0.0980. The molecule has 1 saturated carbocycles. The van der Waals surface area contributed by atoms with E-state index in [1.807, 2.05) is 54.6 Å². The molecule has 2 aromatic carbocycles. The minimum Gasteiger partial charge on any atom is -0.461 e. The Morgan fingerprint density at radius 3 is 2.62 bits per heavy atom. The number of carbonyl (C=O) groups excluding carboxylic acids is 1. The zero-order valence-electron chi connectivity index (χ0n) is 14.8. The summed E-state index contributed by atoms with van der Waals surface area (Å²) in [4.78, 5) is 12.4. The molecule has 5 heteroatoms. The number of carbonyl (C=O) groups is 1. The first-order chi connectivity index (χ1) is 12.5. The summed E-state index contributed by atoms with van der Waals surface area (Å²) in [6.07, 6.45) is 0. The third-order valence-corrected chi connectivity index (χ3v) is 5.55. The predicted molar refractivity (Wildman–Crippen MR) is 102 cm³/mol. The summed E-state index contributed by atoms with van der Waals surface area (Å²) in [7, 11) is 0. The van der Waals surface area contributed by atoms with Crippen LogP contribution < -0.4 is 4.74 Å². The first-order valence-electron chi connectivity index (χ1n) is 8.51. The highest BCUT2D eigenvalue weighted by atomic mass is 32.2. The van der Waals surface area contributed by atoms with Crippen molar-refractivity contribution in [2.24, 2.45) is 17.3 Å². The molecular weight excluding hydrogens is 346 g/mol. The van der Waals surface area contributed by atoms with E-state index in [2.05, 4.69) is 19.2 Å². The SMILES string of the molecule is CC1(C)C(CSC#N)C1C(=O)OCc1cccc(Oc2ccccc2)c1. The number of nitrogens with zero attached hydrogens (tertiary/aromatic N) is 1. The highest BCUT2D eigenvalue weighted by molar-refractivity contribution is 8.03. The van der Waals surface area contributed by atoms with Gasteiger partial charge in [0.2, 0.25) is 0 Å². The Kier molecular flexibility index (Phi) is 5.53. The third-order valence-electron chi connectivity index (χ3n) is 4.89. The molecule has 0 aromatic heterocycles. The van der Waals surface area contributed by atoms with E-state index in [0.29, 0.717) is 11.5 Å². The van der Waals surface area contributed by atoms with Crippen molar-refractivity contribution in [1.29, 1.82) is 5.26 Å². The number of hydrogen-bond acceptors (Lipinski definition) is 5. The van der Waals surface area contributed by atoms with Crippen LogP contribution >= 0.6 is 11.8 Å². The standard InChI is InChI=1S/C21H21NO3S/c1-21(2)18(13-26-14-22)19(21)20(23)24-12-15-7-6-10-17(11-15)25-16-8-4-3-5-9-16/h3-11,18-19H,12-13H2,1-2H3. The van der Waals surface area contributed by atoms with Crippen LogP contribution in [0.5, 0.6) is 11.5 Å². The Labute approximate surface area is 158 Å². The molecular formula is C21H21NO3S. The fourth-order valence-electron chi connectivity index (χ4n) is 3.22. The van der Waals surface area contributed by atoms with Gasteiger partial charge in [-0.3, -0.25) is 4.79 Å². The quantitative estimate of drug-likeness (QED) is 0.509. The van der Waals surface area contributed by atoms with Gasteiger partial charge in [-0.1, -0.05) is 44.2 Å². The van der Waals surface area contributed by atoms with Crippen molar-refractivity contribution in [3.63, 3.8) is 0 Å². The molecule has 2 atom stereocenters. The number of esters is 1. The molecule has 26 heavy (non-hydrogen) atoms. The summed E-state index contributed by atoms with van der Waals surface area (Å²) in [5.74, 6) is 2.02. The fourth-order valence-corrected chi connectivity index (χ4v) is 4.09. The lowest BCUT2D eigenvalue weighted by molar-refractivity contribution is -0.147. The molecule has 3 rings (SSSR count). The van der Waals surface area contributed by atoms with Crippen LogP contribution in [0, 0.1) is 27.9 Å². The van der Waals surface area contributed by atoms with Gasteiger partial charge >= 0.3 is 5.97 Å². The van der Waals surface area contributed by atoms with Crippen molar-refractivity contribution in [1.82, 2.24) is 0 Å². The lowest BCUT2D eigenvalue weighted by atomic mass is 10.1. The molecule has 1 fully saturated rings. The fraction of sp³-hybridized carbons (Fsp3) is 0.333. The van der Waals surface area contributed by atoms with E-state index >= 15 is 0 Å². The molecule has 0 amide bonds. The number of hydrogen-bond donors (Lipinski definition) is 0. The molecule has 0 spiro atoms. The van der Waals surface area contributed by atoms with Gasteiger partial charge in [-0.2, -0.15) is 5.26 Å². The summed E-state index contributed by atoms with van der Waals surface area (Å²) in [5, 5.41) is 10.8. The van der Waals surface area contributed by atoms with E-state index in [4.69, 9.17) is 14.7 Å². The summed E-state index contributed by atoms with van der Waals surface area (Å²) in [5.41, 5.74) is 0.785. The first-order valence-corrected chi connectivity index (χ1v) is 9.50. The van der Waals surface area contributed by atoms with Crippen LogP contribution in [0.25, 0.3) is 0 Å². The van der Waals surface area contributed by atoms with E-state index in [1.54, 1.807) is 0 Å². The Morgan fingerprint density at radius 1 is 1.15 bits per heavy atom. The molecule has 1 aliphatic rings. The largest absolute Gasteiger partial charge is 0.461 e. The molecule has 4 nitrogen and oxygen atoms in total. The van der Waals surface area contributed by atoms with Crippen molar-refractivity contribution in [2.75, 3.05) is 5.75 Å². The number of thiocyanates is 1. The van der Waals surface area contributed by atoms with E-state index in [9.17, 15) is 4.79 Å². The first kappa shape index (κ1) is 18.3. The van der Waals surface area contributed by atoms with Crippen LogP contribution in [-0.2, 0) is 16.1 Å². The summed E-state index contributed by atoms with van der Waals surface area (Å²) in [6.45, 7) is 4.32. The monoisotopic (exact) mass is 367 g/mol. The highest BCUT2D eigenvalue weighted by Gasteiger charge is 2.62. The molecule has 1 aliphatic carbocycles. The molecule has 2 aromatic rings. The van der Waals surface area contributed by atoms with Gasteiger partial charge in [0.15, 0.2) is 0 Å². The number of para-hydroxylation sites is 1. The van der Waals surface area contributed by atoms with Crippen LogP contribution in [-0.4, -0.2) is 11.7 Å². The van der Waals surface area contributed by atoms with Crippen molar-refractivity contribution in [2.45, 2.75) is 20.5 Å². The molecule has 0 heterocycles. The van der Waals surface area contributed by atoms with Gasteiger partial charge in [0.1, 0.15) is 23.5 Å². The molecule has 0 aliphatic heterocycles. The van der Waals surface area contributed by atoms with Crippen molar-refractivity contribution < 1.29 is 14.3 Å². The molecule has 0 N–H and O–H groups in total. The molecule has 0 radical (unpaired) electrons. The second kappa shape index (κ2) is 7.84. The minimum atomic E-state index is -0.187. The van der Waals surface area contributed by atoms with Gasteiger partial charge in [0.05, 0.1) is 5.92 Å². The normalized spacial score (nSPS) is 20.0. The van der Waals surface area contributed by atoms with Gasteiger partial charge in [0.25, 0.3) is 0 Å². The smallest absolute Gasteiger partial charge is 0.310 e. The van der Waals surface area contributed by atoms with Crippen molar-refractivity contribution in [3.8, 4) is 16.9 Å². The summed E-state index contributed by atoms with van der Waals surface area (Å²) < 4.78 is 11.3. The van der Waals surface area contributed by atoms with Crippen LogP contribution in [0.15, 0.2) is 54.6 Å². The number of ether oxygens (including phenoxy) is 2. The maximum Gasteiger partial charge on any atom is 0.310 e. The predicted octanol–water partition coefficient (Wildman–Crippen LogP) is 5.01. The third kappa shape index (κ3) is 4.20. The van der Waals surface area contributed by atoms with Crippen LogP contribution in [0.3, 0.4) is 0 Å². The average Bonchev–Trinajstić information content (AvgIpc) is 3.19. The average molecular weight is 367 g/mol. The Balaban J connectivity index is 1.56. The van der Waals surface area contributed by atoms with Gasteiger partial charge < -0.3 is 9.47 Å². The molecule has 0 bridgehead atoms. The van der Waals surface area contributed by atoms with Crippen LogP contribution in [0.1, 0.15) is 19.4 Å². The van der Waals surface area contributed by atoms with Gasteiger partial charge in [0, 0.05) is 5.75 Å². The van der Waals surface area contributed by atoms with E-state index in [-0.39, 0.29) is 29.8 Å². The number of thioether (sulfide) groups is 1. The van der Waals surface area contributed by atoms with Crippen LogP contribution in [0.2, 0.25) is 0 Å². The zero-order valence-corrected chi connectivity index (χ0v) is 15.7. The molecule has 134 valence electrons. The Hall–Kier alpha value is -2.45. The van der Waals surface area contributed by atoms with Crippen LogP contribution in [0.4, 0.5) is 0 Å². The van der Waals surface area contributed by atoms with Crippen molar-refractivity contribution in [3.05, 3.63) is 60.2 Å². The summed E-state index contributed by atoms with van der Waals surface area (Å²) in [6, 6.07) is 17.1. The lowest BCUT2D eigenvalue weighted by Gasteiger charge is -2.09. The van der Waals surface area contributed by atoms with Gasteiger partial charge in [-0.05, 0) is 52.9 Å². The zero-order chi connectivity index (χ0) is 18.6. The maximum absolute atomic E-state index is 12.4. The van der Waals surface area contributed by atoms with E-state index in [0.717, 1.165) is 11.3 Å². The number of nitriles is 1. The topological polar surface area (TPSA) is 59.3 Å². The second-order valence-corrected chi connectivity index (χ2v) is 7.78. The highest BCUT2D eigenvalue weighted by Crippen LogP contribution is 2.59. The number of benzene rings is 2.